The minimum atomic E-state index is -4.59. The number of non-ortho nitro benzene ring substituents is 1. The number of carbonyl (C=O) groups excluding carboxylic acids is 2. The fraction of sp³-hybridized carbons (Fsp3) is 0.333. The van der Waals surface area contributed by atoms with Crippen LogP contribution in [0.2, 0.25) is 0 Å². The summed E-state index contributed by atoms with van der Waals surface area (Å²) in [6, 6.07) is 8.67. The number of nitro benzene ring substituents is 1. The highest BCUT2D eigenvalue weighted by Crippen LogP contribution is 2.34. The maximum Gasteiger partial charge on any atom is 0.418 e. The number of para-hydroxylation sites is 1. The Bertz CT molecular complexity index is 1050. The van der Waals surface area contributed by atoms with Gasteiger partial charge in [0.05, 0.1) is 41.1 Å². The number of rotatable bonds is 6. The van der Waals surface area contributed by atoms with Gasteiger partial charge in [0, 0.05) is 38.3 Å². The van der Waals surface area contributed by atoms with Crippen LogP contribution in [0.1, 0.15) is 15.9 Å². The van der Waals surface area contributed by atoms with Gasteiger partial charge < -0.3 is 15.0 Å². The summed E-state index contributed by atoms with van der Waals surface area (Å²) in [5, 5.41) is 13.4. The van der Waals surface area contributed by atoms with E-state index in [1.54, 1.807) is 4.90 Å². The molecule has 12 heteroatoms. The van der Waals surface area contributed by atoms with Crippen molar-refractivity contribution in [2.24, 2.45) is 0 Å². The zero-order chi connectivity index (χ0) is 24.2. The highest BCUT2D eigenvalue weighted by molar-refractivity contribution is 5.97. The van der Waals surface area contributed by atoms with Gasteiger partial charge >= 0.3 is 12.1 Å². The predicted octanol–water partition coefficient (Wildman–Crippen LogP) is 3.16. The quantitative estimate of drug-likeness (QED) is 0.396. The number of ether oxygens (including phenoxy) is 1. The van der Waals surface area contributed by atoms with Gasteiger partial charge in [0.25, 0.3) is 5.69 Å². The van der Waals surface area contributed by atoms with E-state index < -0.39 is 28.5 Å². The number of alkyl halides is 3. The third kappa shape index (κ3) is 5.77. The highest BCUT2D eigenvalue weighted by Gasteiger charge is 2.33. The molecule has 0 radical (unpaired) electrons. The fourth-order valence-corrected chi connectivity index (χ4v) is 3.57. The number of halogens is 3. The number of nitrogens with one attached hydrogen (secondary N) is 1. The molecule has 176 valence electrons. The van der Waals surface area contributed by atoms with Gasteiger partial charge in [-0.2, -0.15) is 13.2 Å². The lowest BCUT2D eigenvalue weighted by Gasteiger charge is -2.36. The van der Waals surface area contributed by atoms with Crippen molar-refractivity contribution in [1.29, 1.82) is 0 Å². The molecule has 1 fully saturated rings. The molecule has 0 saturated carbocycles. The Morgan fingerprint density at radius 3 is 2.39 bits per heavy atom. The minimum absolute atomic E-state index is 0.0571. The fourth-order valence-electron chi connectivity index (χ4n) is 3.57. The Morgan fingerprint density at radius 2 is 1.79 bits per heavy atom. The van der Waals surface area contributed by atoms with Crippen LogP contribution in [0.25, 0.3) is 0 Å². The van der Waals surface area contributed by atoms with E-state index in [9.17, 15) is 32.9 Å². The summed E-state index contributed by atoms with van der Waals surface area (Å²) in [4.78, 5) is 38.5. The van der Waals surface area contributed by atoms with Crippen LogP contribution >= 0.6 is 0 Å². The summed E-state index contributed by atoms with van der Waals surface area (Å²) in [7, 11) is 1.18. The summed E-state index contributed by atoms with van der Waals surface area (Å²) in [6.07, 6.45) is -4.59. The molecule has 2 aromatic rings. The molecule has 0 aromatic heterocycles. The number of piperazine rings is 1. The first kappa shape index (κ1) is 24.0. The van der Waals surface area contributed by atoms with Gasteiger partial charge in [-0.1, -0.05) is 12.1 Å². The summed E-state index contributed by atoms with van der Waals surface area (Å²) in [5.41, 5.74) is -0.940. The van der Waals surface area contributed by atoms with Crippen molar-refractivity contribution in [3.05, 3.63) is 63.7 Å². The topological polar surface area (TPSA) is 105 Å². The third-order valence-electron chi connectivity index (χ3n) is 5.18. The molecule has 0 spiro atoms. The summed E-state index contributed by atoms with van der Waals surface area (Å²) >= 11 is 0. The van der Waals surface area contributed by atoms with Crippen molar-refractivity contribution in [1.82, 2.24) is 4.90 Å². The first-order valence-electron chi connectivity index (χ1n) is 9.90. The second-order valence-corrected chi connectivity index (χ2v) is 7.30. The maximum absolute atomic E-state index is 13.1. The molecular formula is C21H21F3N4O5. The van der Waals surface area contributed by atoms with Crippen LogP contribution in [0.4, 0.5) is 30.2 Å². The molecule has 1 aliphatic rings. The molecule has 33 heavy (non-hydrogen) atoms. The van der Waals surface area contributed by atoms with E-state index in [1.807, 2.05) is 4.90 Å². The van der Waals surface area contributed by atoms with Crippen LogP contribution in [0, 0.1) is 10.1 Å². The van der Waals surface area contributed by atoms with Gasteiger partial charge in [0.1, 0.15) is 0 Å². The van der Waals surface area contributed by atoms with Gasteiger partial charge in [-0.15, -0.1) is 0 Å². The normalized spacial score (nSPS) is 14.6. The van der Waals surface area contributed by atoms with Gasteiger partial charge in [-0.05, 0) is 18.2 Å². The SMILES string of the molecule is COC(=O)c1cc([N+](=O)[O-])ccc1N1CCN(CC(=O)Nc2ccccc2C(F)(F)F)CC1. The number of amides is 1. The zero-order valence-corrected chi connectivity index (χ0v) is 17.6. The average Bonchev–Trinajstić information content (AvgIpc) is 2.78. The van der Waals surface area contributed by atoms with E-state index in [0.717, 1.165) is 12.1 Å². The average molecular weight is 466 g/mol. The number of hydrogen-bond donors (Lipinski definition) is 1. The Labute approximate surface area is 186 Å². The summed E-state index contributed by atoms with van der Waals surface area (Å²) < 4.78 is 44.1. The number of carbonyl (C=O) groups is 2. The zero-order valence-electron chi connectivity index (χ0n) is 17.6. The molecule has 9 nitrogen and oxygen atoms in total. The number of anilines is 2. The van der Waals surface area contributed by atoms with Crippen LogP contribution < -0.4 is 10.2 Å². The Kier molecular flexibility index (Phi) is 7.16. The van der Waals surface area contributed by atoms with E-state index in [0.29, 0.717) is 31.9 Å². The number of methoxy groups -OCH3 is 1. The first-order chi connectivity index (χ1) is 15.6. The molecule has 0 bridgehead atoms. The van der Waals surface area contributed by atoms with Crippen molar-refractivity contribution in [2.45, 2.75) is 6.18 Å². The van der Waals surface area contributed by atoms with Crippen molar-refractivity contribution < 1.29 is 32.4 Å². The van der Waals surface area contributed by atoms with E-state index in [4.69, 9.17) is 4.74 Å². The third-order valence-corrected chi connectivity index (χ3v) is 5.18. The van der Waals surface area contributed by atoms with Crippen LogP contribution in [0.3, 0.4) is 0 Å². The number of esters is 1. The van der Waals surface area contributed by atoms with E-state index in [-0.39, 0.29) is 23.5 Å². The summed E-state index contributed by atoms with van der Waals surface area (Å²) in [6.45, 7) is 1.48. The standard InChI is InChI=1S/C21H21F3N4O5/c1-33-20(30)15-12-14(28(31)32)6-7-18(15)27-10-8-26(9-11-27)13-19(29)25-17-5-3-2-4-16(17)21(22,23)24/h2-7,12H,8-11,13H2,1H3,(H,25,29). The molecule has 1 heterocycles. The number of hydrogen-bond acceptors (Lipinski definition) is 7. The minimum Gasteiger partial charge on any atom is -0.465 e. The largest absolute Gasteiger partial charge is 0.465 e. The number of nitrogens with zero attached hydrogens (tertiary/aromatic N) is 3. The molecule has 0 atom stereocenters. The predicted molar refractivity (Wildman–Crippen MR) is 113 cm³/mol. The van der Waals surface area contributed by atoms with Crippen LogP contribution in [-0.4, -0.2) is 61.5 Å². The molecule has 0 aliphatic carbocycles. The van der Waals surface area contributed by atoms with Gasteiger partial charge in [-0.3, -0.25) is 19.8 Å². The molecule has 2 aromatic carbocycles. The first-order valence-corrected chi connectivity index (χ1v) is 9.90. The monoisotopic (exact) mass is 466 g/mol. The van der Waals surface area contributed by atoms with Crippen molar-refractivity contribution >= 4 is 28.9 Å². The molecule has 0 unspecified atom stereocenters. The van der Waals surface area contributed by atoms with E-state index in [2.05, 4.69) is 5.32 Å². The molecule has 1 aliphatic heterocycles. The Balaban J connectivity index is 1.64. The maximum atomic E-state index is 13.1. The lowest BCUT2D eigenvalue weighted by Crippen LogP contribution is -2.49. The van der Waals surface area contributed by atoms with Gasteiger partial charge in [-0.25, -0.2) is 4.79 Å². The lowest BCUT2D eigenvalue weighted by molar-refractivity contribution is -0.384. The summed E-state index contributed by atoms with van der Waals surface area (Å²) in [5.74, 6) is -1.29. The molecule has 1 N–H and O–H groups in total. The van der Waals surface area contributed by atoms with Crippen molar-refractivity contribution in [3.63, 3.8) is 0 Å². The van der Waals surface area contributed by atoms with E-state index >= 15 is 0 Å². The van der Waals surface area contributed by atoms with Crippen LogP contribution in [0.15, 0.2) is 42.5 Å². The molecular weight excluding hydrogens is 445 g/mol. The van der Waals surface area contributed by atoms with Gasteiger partial charge in [0.2, 0.25) is 5.91 Å². The molecule has 1 saturated heterocycles. The van der Waals surface area contributed by atoms with Gasteiger partial charge in [0.15, 0.2) is 0 Å². The molecule has 1 amide bonds. The van der Waals surface area contributed by atoms with Crippen molar-refractivity contribution in [2.75, 3.05) is 50.1 Å². The second kappa shape index (κ2) is 9.86. The highest BCUT2D eigenvalue weighted by atomic mass is 19.4. The second-order valence-electron chi connectivity index (χ2n) is 7.30. The molecule has 3 rings (SSSR count). The van der Waals surface area contributed by atoms with Crippen LogP contribution in [0.5, 0.6) is 0 Å². The van der Waals surface area contributed by atoms with Crippen molar-refractivity contribution in [3.8, 4) is 0 Å². The smallest absolute Gasteiger partial charge is 0.418 e. The number of benzene rings is 2. The number of nitro groups is 1. The van der Waals surface area contributed by atoms with E-state index in [1.165, 1.54) is 37.4 Å². The Hall–Kier alpha value is -3.67. The lowest BCUT2D eigenvalue weighted by atomic mass is 10.1. The van der Waals surface area contributed by atoms with Crippen LogP contribution in [-0.2, 0) is 15.7 Å². The Morgan fingerprint density at radius 1 is 1.12 bits per heavy atom.